The maximum Gasteiger partial charge on any atom is 0.310 e. The van der Waals surface area contributed by atoms with Crippen LogP contribution in [0.1, 0.15) is 24.1 Å². The van der Waals surface area contributed by atoms with Crippen molar-refractivity contribution in [3.8, 4) is 11.5 Å². The van der Waals surface area contributed by atoms with E-state index in [2.05, 4.69) is 121 Å². The largest absolute Gasteiger partial charge is 0.454 e. The zero-order valence-corrected chi connectivity index (χ0v) is 24.0. The molecule has 7 aromatic rings. The van der Waals surface area contributed by atoms with E-state index in [1.54, 1.807) is 0 Å². The molecule has 1 aliphatic rings. The molecule has 0 saturated carbocycles. The Morgan fingerprint density at radius 2 is 1.24 bits per heavy atom. The van der Waals surface area contributed by atoms with Gasteiger partial charge in [0.15, 0.2) is 11.5 Å². The number of hydrogen-bond donors (Lipinski definition) is 0. The number of benzene rings is 6. The molecule has 0 bridgehead atoms. The smallest absolute Gasteiger partial charge is 0.310 e. The summed E-state index contributed by atoms with van der Waals surface area (Å²) in [6.45, 7) is 3.06. The zero-order valence-electron chi connectivity index (χ0n) is 23.1. The fourth-order valence-electron chi connectivity index (χ4n) is 5.93. The third-order valence-electron chi connectivity index (χ3n) is 8.10. The van der Waals surface area contributed by atoms with Gasteiger partial charge in [-0.05, 0) is 63.9 Å². The second-order valence-electron chi connectivity index (χ2n) is 10.6. The van der Waals surface area contributed by atoms with Crippen LogP contribution in [0, 0.1) is 0 Å². The Labute approximate surface area is 244 Å². The minimum absolute atomic E-state index is 0.00801. The van der Waals surface area contributed by atoms with Crippen LogP contribution in [0.25, 0.3) is 43.5 Å². The Bertz CT molecular complexity index is 2040. The summed E-state index contributed by atoms with van der Waals surface area (Å²) in [5, 5.41) is 6.76. The van der Waals surface area contributed by atoms with Gasteiger partial charge >= 0.3 is 8.16 Å². The lowest BCUT2D eigenvalue weighted by molar-refractivity contribution is 0.174. The summed E-state index contributed by atoms with van der Waals surface area (Å²) in [5.74, 6) is 1.54. The number of rotatable bonds is 5. The van der Waals surface area contributed by atoms with Gasteiger partial charge in [-0.2, -0.15) is 4.67 Å². The highest BCUT2D eigenvalue weighted by Crippen LogP contribution is 2.45. The minimum atomic E-state index is -1.58. The summed E-state index contributed by atoms with van der Waals surface area (Å²) in [5.41, 5.74) is 3.94. The average molecular weight is 570 g/mol. The van der Waals surface area contributed by atoms with Crippen molar-refractivity contribution in [3.63, 3.8) is 0 Å². The SMILES string of the molecule is C[C@H](c1ccccc1)N(Cc1ccc2c(c1)OCO2)p1oc2ccc3ccccc3c2c2c(ccc3ccccc32)o1. The van der Waals surface area contributed by atoms with Gasteiger partial charge in [0.05, 0.1) is 0 Å². The van der Waals surface area contributed by atoms with Gasteiger partial charge in [-0.3, -0.25) is 0 Å². The molecular formula is C36H28NO4P. The molecule has 0 radical (unpaired) electrons. The number of fused-ring (bicyclic) bond motifs is 8. The predicted octanol–water partition coefficient (Wildman–Crippen LogP) is 10.2. The van der Waals surface area contributed by atoms with Crippen LogP contribution in [0.2, 0.25) is 0 Å². The van der Waals surface area contributed by atoms with Crippen LogP contribution < -0.4 is 14.1 Å². The van der Waals surface area contributed by atoms with E-state index in [0.717, 1.165) is 49.8 Å². The topological polar surface area (TPSA) is 48.0 Å². The third kappa shape index (κ3) is 4.30. The van der Waals surface area contributed by atoms with Gasteiger partial charge in [0.25, 0.3) is 0 Å². The van der Waals surface area contributed by atoms with Crippen molar-refractivity contribution in [2.75, 3.05) is 11.5 Å². The molecule has 0 amide bonds. The number of hydrogen-bond acceptors (Lipinski definition) is 5. The molecular weight excluding hydrogens is 541 g/mol. The molecule has 8 rings (SSSR count). The second kappa shape index (κ2) is 10.3. The Kier molecular flexibility index (Phi) is 6.14. The summed E-state index contributed by atoms with van der Waals surface area (Å²) < 4.78 is 27.6. The van der Waals surface area contributed by atoms with Gasteiger partial charge in [0.2, 0.25) is 6.79 Å². The van der Waals surface area contributed by atoms with Crippen LogP contribution >= 0.6 is 8.16 Å². The standard InChI is InChI=1S/C36H28NO4P/c1-24(26-9-3-2-4-10-26)37(22-25-15-18-31-34(21-25)39-23-38-31)42-40-32-19-16-27-11-5-7-13-29(27)35(32)36-30-14-8-6-12-28(30)17-20-33(36)41-42/h2-21,24H,22-23H2,1H3/t24-/m1/s1. The van der Waals surface area contributed by atoms with Crippen molar-refractivity contribution in [1.82, 2.24) is 0 Å². The normalized spacial score (nSPS) is 13.4. The Balaban J connectivity index is 1.42. The average Bonchev–Trinajstić information content (AvgIpc) is 3.44. The van der Waals surface area contributed by atoms with Crippen LogP contribution in [0.4, 0.5) is 0 Å². The van der Waals surface area contributed by atoms with Gasteiger partial charge < -0.3 is 17.9 Å². The van der Waals surface area contributed by atoms with E-state index in [-0.39, 0.29) is 12.8 Å². The number of nitrogens with zero attached hydrogens (tertiary/aromatic N) is 1. The van der Waals surface area contributed by atoms with Crippen molar-refractivity contribution in [3.05, 3.63) is 132 Å². The molecule has 2 heterocycles. The van der Waals surface area contributed by atoms with Gasteiger partial charge in [-0.1, -0.05) is 97.1 Å². The molecule has 0 aliphatic carbocycles. The molecule has 6 aromatic carbocycles. The van der Waals surface area contributed by atoms with E-state index in [0.29, 0.717) is 6.54 Å². The van der Waals surface area contributed by atoms with Gasteiger partial charge in [0, 0.05) is 23.4 Å². The first kappa shape index (κ1) is 25.0. The molecule has 5 nitrogen and oxygen atoms in total. The lowest BCUT2D eigenvalue weighted by Crippen LogP contribution is -2.23. The predicted molar refractivity (Wildman–Crippen MR) is 171 cm³/mol. The van der Waals surface area contributed by atoms with Crippen LogP contribution in [-0.2, 0) is 6.54 Å². The molecule has 0 unspecified atom stereocenters. The van der Waals surface area contributed by atoms with Crippen LogP contribution in [0.3, 0.4) is 0 Å². The first-order chi connectivity index (χ1) is 20.7. The van der Waals surface area contributed by atoms with Crippen molar-refractivity contribution >= 4 is 51.6 Å². The molecule has 1 aliphatic heterocycles. The summed E-state index contributed by atoms with van der Waals surface area (Å²) in [6.07, 6.45) is 0. The fraction of sp³-hybridized carbons (Fsp3) is 0.111. The van der Waals surface area contributed by atoms with E-state index >= 15 is 0 Å². The maximum absolute atomic E-state index is 6.98. The second-order valence-corrected chi connectivity index (χ2v) is 12.0. The summed E-state index contributed by atoms with van der Waals surface area (Å²) >= 11 is 0. The minimum Gasteiger partial charge on any atom is -0.454 e. The lowest BCUT2D eigenvalue weighted by atomic mass is 9.99. The molecule has 0 fully saturated rings. The number of ether oxygens (including phenoxy) is 2. The van der Waals surface area contributed by atoms with E-state index in [4.69, 9.17) is 17.9 Å². The highest BCUT2D eigenvalue weighted by Gasteiger charge is 2.25. The fourth-order valence-corrected chi connectivity index (χ4v) is 7.51. The summed E-state index contributed by atoms with van der Waals surface area (Å²) in [4.78, 5) is 0. The van der Waals surface area contributed by atoms with Gasteiger partial charge in [-0.15, -0.1) is 0 Å². The van der Waals surface area contributed by atoms with E-state index in [9.17, 15) is 0 Å². The van der Waals surface area contributed by atoms with E-state index in [1.807, 2.05) is 12.1 Å². The monoisotopic (exact) mass is 569 g/mol. The summed E-state index contributed by atoms with van der Waals surface area (Å²) in [7, 11) is -1.58. The molecule has 1 atom stereocenters. The highest BCUT2D eigenvalue weighted by molar-refractivity contribution is 7.38. The molecule has 0 N–H and O–H groups in total. The van der Waals surface area contributed by atoms with Crippen molar-refractivity contribution in [2.24, 2.45) is 0 Å². The Hall–Kier alpha value is -4.70. The van der Waals surface area contributed by atoms with Crippen LogP contribution in [0.5, 0.6) is 11.5 Å². The van der Waals surface area contributed by atoms with E-state index < -0.39 is 8.16 Å². The zero-order chi connectivity index (χ0) is 28.0. The van der Waals surface area contributed by atoms with Gasteiger partial charge in [-0.25, -0.2) is 0 Å². The lowest BCUT2D eigenvalue weighted by Gasteiger charge is -2.26. The first-order valence-corrected chi connectivity index (χ1v) is 15.3. The molecule has 42 heavy (non-hydrogen) atoms. The molecule has 1 aromatic heterocycles. The molecule has 206 valence electrons. The maximum atomic E-state index is 6.98. The van der Waals surface area contributed by atoms with Crippen LogP contribution in [-0.4, -0.2) is 6.79 Å². The van der Waals surface area contributed by atoms with Crippen molar-refractivity contribution in [2.45, 2.75) is 19.5 Å². The van der Waals surface area contributed by atoms with Crippen molar-refractivity contribution in [1.29, 1.82) is 0 Å². The van der Waals surface area contributed by atoms with Gasteiger partial charge in [0.1, 0.15) is 11.2 Å². The van der Waals surface area contributed by atoms with E-state index in [1.165, 1.54) is 16.3 Å². The van der Waals surface area contributed by atoms with Crippen LogP contribution in [0.15, 0.2) is 130 Å². The Morgan fingerprint density at radius 3 is 1.90 bits per heavy atom. The Morgan fingerprint density at radius 1 is 0.643 bits per heavy atom. The molecule has 0 spiro atoms. The summed E-state index contributed by atoms with van der Waals surface area (Å²) in [6, 6.07) is 42.1. The quantitative estimate of drug-likeness (QED) is 0.206. The van der Waals surface area contributed by atoms with Crippen molar-refractivity contribution < 1.29 is 17.9 Å². The third-order valence-corrected chi connectivity index (χ3v) is 9.72. The highest BCUT2D eigenvalue weighted by atomic mass is 31.1. The molecule has 6 heteroatoms. The molecule has 0 saturated heterocycles. The first-order valence-electron chi connectivity index (χ1n) is 14.1.